The van der Waals surface area contributed by atoms with Crippen molar-refractivity contribution in [3.05, 3.63) is 0 Å². The van der Waals surface area contributed by atoms with E-state index in [2.05, 4.69) is 5.32 Å². The molecule has 0 saturated heterocycles. The topological polar surface area (TPSA) is 58.3 Å². The first-order valence-corrected chi connectivity index (χ1v) is 3.39. The maximum absolute atomic E-state index is 9.08. The average Bonchev–Trinajstić information content (AvgIpc) is 1.87. The number of aliphatic hydroxyl groups is 1. The van der Waals surface area contributed by atoms with E-state index in [1.165, 1.54) is 0 Å². The van der Waals surface area contributed by atoms with Gasteiger partial charge in [-0.1, -0.05) is 13.8 Å². The van der Waals surface area contributed by atoms with E-state index < -0.39 is 6.23 Å². The minimum Gasteiger partial charge on any atom is -0.377 e. The summed E-state index contributed by atoms with van der Waals surface area (Å²) in [6.45, 7) is 4.64. The van der Waals surface area contributed by atoms with Crippen molar-refractivity contribution in [2.45, 2.75) is 32.5 Å². The summed E-state index contributed by atoms with van der Waals surface area (Å²) in [6.07, 6.45) is 0.258. The van der Waals surface area contributed by atoms with Crippen LogP contribution < -0.4 is 11.1 Å². The number of nitrogens with two attached hydrogens (primary N) is 1. The second-order valence-corrected chi connectivity index (χ2v) is 2.07. The molecule has 0 heterocycles. The molecule has 0 radical (unpaired) electrons. The molecule has 0 bridgehead atoms. The summed E-state index contributed by atoms with van der Waals surface area (Å²) in [5.74, 6) is 0. The van der Waals surface area contributed by atoms with Crippen molar-refractivity contribution in [1.82, 2.24) is 5.32 Å². The van der Waals surface area contributed by atoms with Gasteiger partial charge in [-0.3, -0.25) is 5.32 Å². The smallest absolute Gasteiger partial charge is 0.120 e. The highest BCUT2D eigenvalue weighted by Gasteiger charge is 2.08. The lowest BCUT2D eigenvalue weighted by molar-refractivity contribution is 0.109. The van der Waals surface area contributed by atoms with Crippen LogP contribution in [0.25, 0.3) is 0 Å². The summed E-state index contributed by atoms with van der Waals surface area (Å²) in [6, 6.07) is -0.134. The van der Waals surface area contributed by atoms with Gasteiger partial charge in [0.25, 0.3) is 0 Å². The van der Waals surface area contributed by atoms with Crippen molar-refractivity contribution in [1.29, 1.82) is 0 Å². The molecule has 0 amide bonds. The average molecular weight is 132 g/mol. The zero-order valence-corrected chi connectivity index (χ0v) is 6.09. The Bertz CT molecular complexity index is 68.1. The highest BCUT2D eigenvalue weighted by molar-refractivity contribution is 4.66. The van der Waals surface area contributed by atoms with Crippen molar-refractivity contribution in [3.63, 3.8) is 0 Å². The van der Waals surface area contributed by atoms with E-state index >= 15 is 0 Å². The maximum Gasteiger partial charge on any atom is 0.120 e. The number of nitrogens with one attached hydrogen (secondary N) is 1. The molecule has 0 aromatic rings. The van der Waals surface area contributed by atoms with Crippen LogP contribution in [0.15, 0.2) is 0 Å². The molecule has 0 aliphatic carbocycles. The van der Waals surface area contributed by atoms with Gasteiger partial charge in [-0.2, -0.15) is 0 Å². The third-order valence-electron chi connectivity index (χ3n) is 1.29. The van der Waals surface area contributed by atoms with Crippen molar-refractivity contribution in [3.8, 4) is 0 Å². The van der Waals surface area contributed by atoms with Gasteiger partial charge in [-0.25, -0.2) is 0 Å². The molecule has 3 heteroatoms. The number of hydrogen-bond donors (Lipinski definition) is 3. The van der Waals surface area contributed by atoms with Gasteiger partial charge < -0.3 is 10.8 Å². The Hall–Kier alpha value is -0.120. The van der Waals surface area contributed by atoms with Crippen LogP contribution in [0.3, 0.4) is 0 Å². The van der Waals surface area contributed by atoms with Gasteiger partial charge in [0, 0.05) is 6.04 Å². The molecule has 0 aromatic carbocycles. The van der Waals surface area contributed by atoms with Gasteiger partial charge >= 0.3 is 0 Å². The van der Waals surface area contributed by atoms with Crippen molar-refractivity contribution in [2.24, 2.45) is 5.73 Å². The monoisotopic (exact) mass is 132 g/mol. The molecule has 56 valence electrons. The molecule has 2 atom stereocenters. The molecule has 0 spiro atoms. The third-order valence-corrected chi connectivity index (χ3v) is 1.29. The first kappa shape index (κ1) is 8.88. The molecule has 0 aromatic heterocycles. The Morgan fingerprint density at radius 3 is 2.44 bits per heavy atom. The number of hydrogen-bond acceptors (Lipinski definition) is 3. The lowest BCUT2D eigenvalue weighted by Gasteiger charge is -2.16. The van der Waals surface area contributed by atoms with E-state index in [0.717, 1.165) is 13.0 Å². The number of rotatable bonds is 4. The normalized spacial score (nSPS) is 17.3. The van der Waals surface area contributed by atoms with Crippen LogP contribution >= 0.6 is 0 Å². The van der Waals surface area contributed by atoms with Crippen LogP contribution in [0.1, 0.15) is 20.3 Å². The van der Waals surface area contributed by atoms with Gasteiger partial charge in [-0.05, 0) is 13.0 Å². The van der Waals surface area contributed by atoms with Gasteiger partial charge in [0.1, 0.15) is 6.23 Å². The second kappa shape index (κ2) is 4.73. The predicted molar refractivity (Wildman–Crippen MR) is 37.9 cm³/mol. The lowest BCUT2D eigenvalue weighted by atomic mass is 10.2. The summed E-state index contributed by atoms with van der Waals surface area (Å²) < 4.78 is 0. The molecule has 2 unspecified atom stereocenters. The Balaban J connectivity index is 3.32. The molecule has 0 saturated carbocycles. The first-order valence-electron chi connectivity index (χ1n) is 3.39. The summed E-state index contributed by atoms with van der Waals surface area (Å²) in [4.78, 5) is 0. The van der Waals surface area contributed by atoms with Gasteiger partial charge in [0.05, 0.1) is 0 Å². The summed E-state index contributed by atoms with van der Waals surface area (Å²) >= 11 is 0. The molecular formula is C6H16N2O. The Kier molecular flexibility index (Phi) is 4.67. The minimum absolute atomic E-state index is 0.134. The minimum atomic E-state index is -0.542. The van der Waals surface area contributed by atoms with Gasteiger partial charge in [0.15, 0.2) is 0 Å². The molecule has 0 aliphatic heterocycles. The Labute approximate surface area is 56.2 Å². The fourth-order valence-corrected chi connectivity index (χ4v) is 0.584. The van der Waals surface area contributed by atoms with E-state index in [-0.39, 0.29) is 6.04 Å². The van der Waals surface area contributed by atoms with Crippen LogP contribution in [0.2, 0.25) is 0 Å². The molecule has 0 rings (SSSR count). The quantitative estimate of drug-likeness (QED) is 0.458. The summed E-state index contributed by atoms with van der Waals surface area (Å²) in [5, 5.41) is 11.9. The van der Waals surface area contributed by atoms with E-state index in [0.29, 0.717) is 0 Å². The molecule has 0 aliphatic rings. The molecular weight excluding hydrogens is 116 g/mol. The third kappa shape index (κ3) is 3.46. The first-order chi connectivity index (χ1) is 4.22. The van der Waals surface area contributed by atoms with Gasteiger partial charge in [0.2, 0.25) is 0 Å². The molecule has 0 fully saturated rings. The standard InChI is InChI=1S/C6H16N2O/c1-3-5(7)6(9)8-4-2/h5-6,8-9H,3-4,7H2,1-2H3. The van der Waals surface area contributed by atoms with Crippen molar-refractivity contribution in [2.75, 3.05) is 6.54 Å². The van der Waals surface area contributed by atoms with Crippen LogP contribution in [0, 0.1) is 0 Å². The number of likely N-dealkylation sites (N-methyl/N-ethyl adjacent to an activating group) is 1. The molecule has 3 nitrogen and oxygen atoms in total. The number of aliphatic hydroxyl groups excluding tert-OH is 1. The SMILES string of the molecule is CCNC(O)C(N)CC. The highest BCUT2D eigenvalue weighted by atomic mass is 16.3. The van der Waals surface area contributed by atoms with Crippen LogP contribution in [0.4, 0.5) is 0 Å². The lowest BCUT2D eigenvalue weighted by Crippen LogP contribution is -2.44. The van der Waals surface area contributed by atoms with Gasteiger partial charge in [-0.15, -0.1) is 0 Å². The zero-order valence-electron chi connectivity index (χ0n) is 6.09. The van der Waals surface area contributed by atoms with E-state index in [4.69, 9.17) is 10.8 Å². The Morgan fingerprint density at radius 1 is 1.56 bits per heavy atom. The zero-order chi connectivity index (χ0) is 7.28. The maximum atomic E-state index is 9.08. The second-order valence-electron chi connectivity index (χ2n) is 2.07. The summed E-state index contributed by atoms with van der Waals surface area (Å²) in [7, 11) is 0. The van der Waals surface area contributed by atoms with Crippen LogP contribution in [0.5, 0.6) is 0 Å². The predicted octanol–water partition coefficient (Wildman–Crippen LogP) is -0.348. The van der Waals surface area contributed by atoms with E-state index in [1.807, 2.05) is 13.8 Å². The molecule has 4 N–H and O–H groups in total. The highest BCUT2D eigenvalue weighted by Crippen LogP contribution is 1.89. The van der Waals surface area contributed by atoms with Crippen LogP contribution in [-0.4, -0.2) is 23.9 Å². The molecule has 9 heavy (non-hydrogen) atoms. The fraction of sp³-hybridized carbons (Fsp3) is 1.00. The van der Waals surface area contributed by atoms with Crippen molar-refractivity contribution >= 4 is 0 Å². The summed E-state index contributed by atoms with van der Waals surface area (Å²) in [5.41, 5.74) is 5.49. The largest absolute Gasteiger partial charge is 0.377 e. The van der Waals surface area contributed by atoms with E-state index in [9.17, 15) is 0 Å². The van der Waals surface area contributed by atoms with E-state index in [1.54, 1.807) is 0 Å². The fourth-order valence-electron chi connectivity index (χ4n) is 0.584. The van der Waals surface area contributed by atoms with Crippen LogP contribution in [-0.2, 0) is 0 Å². The van der Waals surface area contributed by atoms with Crippen molar-refractivity contribution < 1.29 is 5.11 Å². The Morgan fingerprint density at radius 2 is 2.11 bits per heavy atom.